The predicted octanol–water partition coefficient (Wildman–Crippen LogP) is 5.54. The number of fused-ring (bicyclic) bond motifs is 1. The van der Waals surface area contributed by atoms with Gasteiger partial charge in [-0.1, -0.05) is 42.0 Å². The van der Waals surface area contributed by atoms with E-state index in [2.05, 4.69) is 5.32 Å². The number of carbonyl (C=O) groups excluding carboxylic acids is 1. The molecule has 0 amide bonds. The van der Waals surface area contributed by atoms with Crippen molar-refractivity contribution >= 4 is 40.5 Å². The summed E-state index contributed by atoms with van der Waals surface area (Å²) in [6.07, 6.45) is -6.93. The maximum atomic E-state index is 13.6. The number of alkyl halides is 3. The van der Waals surface area contributed by atoms with E-state index in [1.165, 1.54) is 24.3 Å². The average Bonchev–Trinajstić information content (AvgIpc) is 2.78. The van der Waals surface area contributed by atoms with Gasteiger partial charge in [0.2, 0.25) is 0 Å². The van der Waals surface area contributed by atoms with Crippen LogP contribution in [-0.2, 0) is 20.4 Å². The molecule has 0 unspecified atom stereocenters. The molecular formula is C20H17ClF3NO3S. The van der Waals surface area contributed by atoms with E-state index >= 15 is 0 Å². The number of anilines is 1. The van der Waals surface area contributed by atoms with Gasteiger partial charge in [0.05, 0.1) is 18.6 Å². The highest BCUT2D eigenvalue weighted by Crippen LogP contribution is 2.42. The van der Waals surface area contributed by atoms with E-state index in [9.17, 15) is 18.0 Å². The fourth-order valence-corrected chi connectivity index (χ4v) is 3.54. The normalized spacial score (nSPS) is 19.1. The minimum Gasteiger partial charge on any atom is -0.466 e. The van der Waals surface area contributed by atoms with Gasteiger partial charge < -0.3 is 14.8 Å². The van der Waals surface area contributed by atoms with Crippen molar-refractivity contribution in [1.29, 1.82) is 0 Å². The van der Waals surface area contributed by atoms with Crippen LogP contribution < -0.4 is 5.32 Å². The molecular weight excluding hydrogens is 427 g/mol. The van der Waals surface area contributed by atoms with E-state index in [1.807, 2.05) is 0 Å². The van der Waals surface area contributed by atoms with E-state index in [-0.39, 0.29) is 23.6 Å². The Morgan fingerprint density at radius 2 is 1.97 bits per heavy atom. The first-order valence-corrected chi connectivity index (χ1v) is 9.56. The highest BCUT2D eigenvalue weighted by Gasteiger charge is 2.39. The Morgan fingerprint density at radius 3 is 2.66 bits per heavy atom. The summed E-state index contributed by atoms with van der Waals surface area (Å²) in [6, 6.07) is 9.86. The molecule has 0 saturated heterocycles. The largest absolute Gasteiger partial charge is 0.466 e. The number of carbonyl (C=O) groups is 1. The van der Waals surface area contributed by atoms with Gasteiger partial charge >= 0.3 is 12.1 Å². The molecule has 29 heavy (non-hydrogen) atoms. The van der Waals surface area contributed by atoms with E-state index in [0.717, 1.165) is 6.07 Å². The van der Waals surface area contributed by atoms with Crippen molar-refractivity contribution < 1.29 is 27.4 Å². The lowest BCUT2D eigenvalue weighted by Gasteiger charge is -2.25. The summed E-state index contributed by atoms with van der Waals surface area (Å²) in [5.74, 6) is -0.562. The molecule has 2 atom stereocenters. The van der Waals surface area contributed by atoms with E-state index in [0.29, 0.717) is 16.3 Å². The molecule has 0 spiro atoms. The molecule has 0 radical (unpaired) electrons. The van der Waals surface area contributed by atoms with Crippen molar-refractivity contribution in [1.82, 2.24) is 0 Å². The number of hydrogen-bond donors (Lipinski definition) is 1. The SMILES string of the molecule is CCOC(=O)C[C@@H]1O[C@@H](c2ccccc2C(F)(F)F)c2cc(Cl)ccc2NC1=S. The molecule has 0 saturated carbocycles. The molecule has 1 heterocycles. The number of nitrogens with one attached hydrogen (secondary N) is 1. The second kappa shape index (κ2) is 8.69. The molecule has 1 aliphatic rings. The lowest BCUT2D eigenvalue weighted by atomic mass is 9.95. The molecule has 0 fully saturated rings. The van der Waals surface area contributed by atoms with Crippen molar-refractivity contribution in [2.75, 3.05) is 11.9 Å². The first-order valence-electron chi connectivity index (χ1n) is 8.78. The van der Waals surface area contributed by atoms with Gasteiger partial charge in [-0.15, -0.1) is 0 Å². The van der Waals surface area contributed by atoms with Crippen molar-refractivity contribution in [2.24, 2.45) is 0 Å². The van der Waals surface area contributed by atoms with Gasteiger partial charge in [-0.05, 0) is 36.8 Å². The highest BCUT2D eigenvalue weighted by molar-refractivity contribution is 7.80. The summed E-state index contributed by atoms with van der Waals surface area (Å²) in [4.78, 5) is 12.1. The third kappa shape index (κ3) is 4.88. The van der Waals surface area contributed by atoms with Crippen LogP contribution in [0.4, 0.5) is 18.9 Å². The maximum Gasteiger partial charge on any atom is 0.416 e. The standard InChI is InChI=1S/C20H17ClF3NO3S/c1-2-27-17(26)10-16-19(29)25-15-8-7-11(21)9-13(15)18(28-16)12-5-3-4-6-14(12)20(22,23)24/h3-9,16,18H,2,10H2,1H3,(H,25,29)/t16-,18-/m0/s1. The molecule has 0 bridgehead atoms. The molecule has 1 aliphatic heterocycles. The van der Waals surface area contributed by atoms with Crippen LogP contribution in [0.1, 0.15) is 36.1 Å². The Bertz CT molecular complexity index is 935. The summed E-state index contributed by atoms with van der Waals surface area (Å²) in [6.45, 7) is 1.82. The molecule has 2 aromatic carbocycles. The van der Waals surface area contributed by atoms with Crippen LogP contribution in [0.25, 0.3) is 0 Å². The number of thiocarbonyl (C=S) groups is 1. The Hall–Kier alpha value is -2.16. The summed E-state index contributed by atoms with van der Waals surface area (Å²) >= 11 is 11.4. The third-order valence-electron chi connectivity index (χ3n) is 4.35. The smallest absolute Gasteiger partial charge is 0.416 e. The number of ether oxygens (including phenoxy) is 2. The zero-order valence-electron chi connectivity index (χ0n) is 15.3. The third-order valence-corrected chi connectivity index (χ3v) is 4.95. The van der Waals surface area contributed by atoms with Crippen molar-refractivity contribution in [3.8, 4) is 0 Å². The molecule has 1 N–H and O–H groups in total. The van der Waals surface area contributed by atoms with Gasteiger partial charge in [-0.3, -0.25) is 4.79 Å². The molecule has 9 heteroatoms. The fraction of sp³-hybridized carbons (Fsp3) is 0.300. The van der Waals surface area contributed by atoms with E-state index < -0.39 is 29.9 Å². The number of halogens is 4. The Balaban J connectivity index is 2.11. The zero-order chi connectivity index (χ0) is 21.2. The summed E-state index contributed by atoms with van der Waals surface area (Å²) < 4.78 is 51.9. The summed E-state index contributed by atoms with van der Waals surface area (Å²) in [7, 11) is 0. The summed E-state index contributed by atoms with van der Waals surface area (Å²) in [5, 5.41) is 3.30. The van der Waals surface area contributed by atoms with Gasteiger partial charge in [-0.2, -0.15) is 13.2 Å². The van der Waals surface area contributed by atoms with Crippen LogP contribution in [-0.4, -0.2) is 23.7 Å². The molecule has 4 nitrogen and oxygen atoms in total. The summed E-state index contributed by atoms with van der Waals surface area (Å²) in [5.41, 5.74) is -0.0712. The molecule has 0 aromatic heterocycles. The lowest BCUT2D eigenvalue weighted by molar-refractivity contribution is -0.146. The number of rotatable bonds is 4. The first-order chi connectivity index (χ1) is 13.7. The minimum absolute atomic E-state index is 0.0936. The minimum atomic E-state index is -4.59. The molecule has 154 valence electrons. The molecule has 3 rings (SSSR count). The van der Waals surface area contributed by atoms with Crippen molar-refractivity contribution in [2.45, 2.75) is 31.7 Å². The van der Waals surface area contributed by atoms with Crippen LogP contribution in [0.5, 0.6) is 0 Å². The monoisotopic (exact) mass is 443 g/mol. The molecule has 0 aliphatic carbocycles. The quantitative estimate of drug-likeness (QED) is 0.496. The van der Waals surface area contributed by atoms with Gasteiger partial charge in [-0.25, -0.2) is 0 Å². The van der Waals surface area contributed by atoms with Gasteiger partial charge in [0, 0.05) is 16.3 Å². The lowest BCUT2D eigenvalue weighted by Crippen LogP contribution is -2.31. The number of esters is 1. The zero-order valence-corrected chi connectivity index (χ0v) is 16.8. The molecule has 2 aromatic rings. The van der Waals surface area contributed by atoms with E-state index in [4.69, 9.17) is 33.3 Å². The number of benzene rings is 2. The van der Waals surface area contributed by atoms with Crippen molar-refractivity contribution in [3.05, 3.63) is 64.2 Å². The van der Waals surface area contributed by atoms with Crippen molar-refractivity contribution in [3.63, 3.8) is 0 Å². The van der Waals surface area contributed by atoms with Gasteiger partial charge in [0.25, 0.3) is 0 Å². The van der Waals surface area contributed by atoms with E-state index in [1.54, 1.807) is 19.1 Å². The van der Waals surface area contributed by atoms with Crippen LogP contribution in [0.2, 0.25) is 5.02 Å². The average molecular weight is 444 g/mol. The Morgan fingerprint density at radius 1 is 1.24 bits per heavy atom. The fourth-order valence-electron chi connectivity index (χ4n) is 3.11. The number of hydrogen-bond acceptors (Lipinski definition) is 4. The second-order valence-corrected chi connectivity index (χ2v) is 7.20. The topological polar surface area (TPSA) is 47.6 Å². The Kier molecular flexibility index (Phi) is 6.45. The van der Waals surface area contributed by atoms with Crippen LogP contribution in [0, 0.1) is 0 Å². The Labute approximate surface area is 175 Å². The van der Waals surface area contributed by atoms with Crippen LogP contribution in [0.15, 0.2) is 42.5 Å². The van der Waals surface area contributed by atoms with Crippen LogP contribution in [0.3, 0.4) is 0 Å². The van der Waals surface area contributed by atoms with Crippen LogP contribution >= 0.6 is 23.8 Å². The van der Waals surface area contributed by atoms with Gasteiger partial charge in [0.15, 0.2) is 0 Å². The first kappa shape index (κ1) is 21.5. The highest BCUT2D eigenvalue weighted by atomic mass is 35.5. The second-order valence-electron chi connectivity index (χ2n) is 6.32. The maximum absolute atomic E-state index is 13.6. The predicted molar refractivity (Wildman–Crippen MR) is 107 cm³/mol. The van der Waals surface area contributed by atoms with Gasteiger partial charge in [0.1, 0.15) is 17.2 Å².